The molecule has 0 radical (unpaired) electrons. The Morgan fingerprint density at radius 1 is 1.48 bits per heavy atom. The quantitative estimate of drug-likeness (QED) is 0.837. The molecule has 2 aromatic rings. The third-order valence-electron chi connectivity index (χ3n) is 2.79. The zero-order valence-electron chi connectivity index (χ0n) is 11.5. The molecule has 114 valence electrons. The molecule has 0 spiro atoms. The van der Waals surface area contributed by atoms with E-state index in [1.54, 1.807) is 24.0 Å². The van der Waals surface area contributed by atoms with Crippen LogP contribution in [-0.2, 0) is 29.1 Å². The van der Waals surface area contributed by atoms with Crippen LogP contribution in [0.3, 0.4) is 0 Å². The normalized spacial score (nSPS) is 11.6. The molecule has 2 rings (SSSR count). The van der Waals surface area contributed by atoms with Gasteiger partial charge in [-0.05, 0) is 18.6 Å². The summed E-state index contributed by atoms with van der Waals surface area (Å²) in [6, 6.07) is 3.06. The lowest BCUT2D eigenvalue weighted by molar-refractivity contribution is 0.0950. The van der Waals surface area contributed by atoms with E-state index in [1.165, 1.54) is 6.07 Å². The molecule has 6 nitrogen and oxygen atoms in total. The molecule has 0 aliphatic heterocycles. The van der Waals surface area contributed by atoms with Crippen LogP contribution in [0, 0.1) is 0 Å². The van der Waals surface area contributed by atoms with Crippen molar-refractivity contribution in [3.8, 4) is 0 Å². The molecule has 1 N–H and O–H groups in total. The highest BCUT2D eigenvalue weighted by Crippen LogP contribution is 2.24. The van der Waals surface area contributed by atoms with Crippen LogP contribution in [0.5, 0.6) is 0 Å². The van der Waals surface area contributed by atoms with Gasteiger partial charge < -0.3 is 5.32 Å². The number of aromatic nitrogens is 2. The van der Waals surface area contributed by atoms with E-state index in [4.69, 9.17) is 10.7 Å². The van der Waals surface area contributed by atoms with Gasteiger partial charge in [0.25, 0.3) is 15.0 Å². The highest BCUT2D eigenvalue weighted by atomic mass is 35.7. The van der Waals surface area contributed by atoms with Gasteiger partial charge in [0.05, 0.1) is 17.8 Å². The van der Waals surface area contributed by atoms with Gasteiger partial charge in [-0.25, -0.2) is 8.42 Å². The minimum Gasteiger partial charge on any atom is -0.347 e. The maximum Gasteiger partial charge on any atom is 0.270 e. The molecule has 0 aromatic carbocycles. The highest BCUT2D eigenvalue weighted by Gasteiger charge is 2.16. The first-order valence-corrected chi connectivity index (χ1v) is 9.28. The lowest BCUT2D eigenvalue weighted by Crippen LogP contribution is -2.23. The fourth-order valence-electron chi connectivity index (χ4n) is 1.83. The van der Waals surface area contributed by atoms with Crippen molar-refractivity contribution in [2.75, 3.05) is 0 Å². The average molecular weight is 348 g/mol. The minimum absolute atomic E-state index is 0.0732. The molecule has 9 heteroatoms. The van der Waals surface area contributed by atoms with Crippen LogP contribution in [0.4, 0.5) is 0 Å². The molecule has 21 heavy (non-hydrogen) atoms. The number of thiophene rings is 1. The topological polar surface area (TPSA) is 81.1 Å². The van der Waals surface area contributed by atoms with Crippen molar-refractivity contribution in [1.29, 1.82) is 0 Å². The molecular weight excluding hydrogens is 334 g/mol. The second-order valence-electron chi connectivity index (χ2n) is 4.36. The van der Waals surface area contributed by atoms with Gasteiger partial charge in [0.15, 0.2) is 0 Å². The lowest BCUT2D eigenvalue weighted by Gasteiger charge is -2.02. The molecule has 2 heterocycles. The van der Waals surface area contributed by atoms with Gasteiger partial charge in [-0.3, -0.25) is 9.48 Å². The van der Waals surface area contributed by atoms with Crippen LogP contribution < -0.4 is 5.32 Å². The van der Waals surface area contributed by atoms with Crippen molar-refractivity contribution < 1.29 is 13.2 Å². The standard InChI is InChI=1S/C12H14ClN3O3S2/c1-3-10-9(7-16(2)15-10)12(17)14-6-8-4-5-11(20-8)21(13,18)19/h4-5,7H,3,6H2,1-2H3,(H,14,17). The summed E-state index contributed by atoms with van der Waals surface area (Å²) < 4.78 is 24.0. The number of aryl methyl sites for hydroxylation is 2. The predicted molar refractivity (Wildman–Crippen MR) is 81.1 cm³/mol. The molecule has 0 bridgehead atoms. The van der Waals surface area contributed by atoms with Crippen LogP contribution in [0.2, 0.25) is 0 Å². The molecule has 0 atom stereocenters. The van der Waals surface area contributed by atoms with Gasteiger partial charge in [0.1, 0.15) is 4.21 Å². The maximum atomic E-state index is 12.1. The van der Waals surface area contributed by atoms with E-state index in [0.717, 1.165) is 17.0 Å². The van der Waals surface area contributed by atoms with Gasteiger partial charge in [-0.2, -0.15) is 5.10 Å². The van der Waals surface area contributed by atoms with E-state index in [1.807, 2.05) is 6.92 Å². The van der Waals surface area contributed by atoms with E-state index in [0.29, 0.717) is 16.9 Å². The summed E-state index contributed by atoms with van der Waals surface area (Å²) in [5.74, 6) is -0.233. The predicted octanol–water partition coefficient (Wildman–Crippen LogP) is 1.90. The van der Waals surface area contributed by atoms with Crippen molar-refractivity contribution in [3.05, 3.63) is 34.5 Å². The van der Waals surface area contributed by atoms with E-state index < -0.39 is 9.05 Å². The summed E-state index contributed by atoms with van der Waals surface area (Å²) in [7, 11) is 3.30. The molecule has 0 aliphatic rings. The number of carbonyl (C=O) groups is 1. The molecule has 0 fully saturated rings. The Labute approximate surface area is 131 Å². The van der Waals surface area contributed by atoms with Gasteiger partial charge >= 0.3 is 0 Å². The molecule has 1 amide bonds. The Bertz CT molecular complexity index is 765. The SMILES string of the molecule is CCc1nn(C)cc1C(=O)NCc1ccc(S(=O)(=O)Cl)s1. The second-order valence-corrected chi connectivity index (χ2v) is 8.32. The molecule has 0 saturated carbocycles. The van der Waals surface area contributed by atoms with Gasteiger partial charge in [0.2, 0.25) is 0 Å². The molecule has 0 aliphatic carbocycles. The van der Waals surface area contributed by atoms with Gasteiger partial charge in [-0.15, -0.1) is 11.3 Å². The number of hydrogen-bond acceptors (Lipinski definition) is 5. The largest absolute Gasteiger partial charge is 0.347 e. The van der Waals surface area contributed by atoms with Crippen LogP contribution in [0.25, 0.3) is 0 Å². The fourth-order valence-corrected chi connectivity index (χ4v) is 3.89. The Morgan fingerprint density at radius 3 is 2.76 bits per heavy atom. The maximum absolute atomic E-state index is 12.1. The monoisotopic (exact) mass is 347 g/mol. The zero-order chi connectivity index (χ0) is 15.6. The lowest BCUT2D eigenvalue weighted by atomic mass is 10.2. The molecular formula is C12H14ClN3O3S2. The van der Waals surface area contributed by atoms with Crippen molar-refractivity contribution in [1.82, 2.24) is 15.1 Å². The number of rotatable bonds is 5. The number of nitrogens with zero attached hydrogens (tertiary/aromatic N) is 2. The van der Waals surface area contributed by atoms with E-state index in [2.05, 4.69) is 10.4 Å². The first kappa shape index (κ1) is 16.0. The minimum atomic E-state index is -3.72. The number of amides is 1. The van der Waals surface area contributed by atoms with Crippen LogP contribution >= 0.6 is 22.0 Å². The summed E-state index contributed by atoms with van der Waals surface area (Å²) in [6.07, 6.45) is 2.33. The third kappa shape index (κ3) is 3.84. The average Bonchev–Trinajstić information content (AvgIpc) is 3.01. The Balaban J connectivity index is 2.06. The van der Waals surface area contributed by atoms with Gasteiger partial charge in [-0.1, -0.05) is 6.92 Å². The summed E-state index contributed by atoms with van der Waals surface area (Å²) in [4.78, 5) is 12.8. The van der Waals surface area contributed by atoms with E-state index >= 15 is 0 Å². The number of carbonyl (C=O) groups excluding carboxylic acids is 1. The molecule has 0 unspecified atom stereocenters. The van der Waals surface area contributed by atoms with Crippen molar-refractivity contribution in [2.45, 2.75) is 24.1 Å². The fraction of sp³-hybridized carbons (Fsp3) is 0.333. The smallest absolute Gasteiger partial charge is 0.270 e. The summed E-state index contributed by atoms with van der Waals surface area (Å²) in [5, 5.41) is 6.95. The Kier molecular flexibility index (Phi) is 4.70. The Hall–Kier alpha value is -1.38. The number of nitrogens with one attached hydrogen (secondary N) is 1. The zero-order valence-corrected chi connectivity index (χ0v) is 13.8. The first-order valence-electron chi connectivity index (χ1n) is 6.15. The summed E-state index contributed by atoms with van der Waals surface area (Å²) in [6.45, 7) is 2.17. The van der Waals surface area contributed by atoms with E-state index in [9.17, 15) is 13.2 Å². The first-order chi connectivity index (χ1) is 9.81. The number of hydrogen-bond donors (Lipinski definition) is 1. The van der Waals surface area contributed by atoms with Crippen molar-refractivity contribution in [3.63, 3.8) is 0 Å². The van der Waals surface area contributed by atoms with E-state index in [-0.39, 0.29) is 16.7 Å². The number of halogens is 1. The Morgan fingerprint density at radius 2 is 2.19 bits per heavy atom. The van der Waals surface area contributed by atoms with Gasteiger partial charge in [0, 0.05) is 28.8 Å². The van der Waals surface area contributed by atoms with Crippen LogP contribution in [0.15, 0.2) is 22.5 Å². The highest BCUT2D eigenvalue weighted by molar-refractivity contribution is 8.15. The summed E-state index contributed by atoms with van der Waals surface area (Å²) >= 11 is 1.04. The third-order valence-corrected chi connectivity index (χ3v) is 5.96. The molecule has 0 saturated heterocycles. The van der Waals surface area contributed by atoms with Crippen LogP contribution in [0.1, 0.15) is 27.9 Å². The van der Waals surface area contributed by atoms with Crippen molar-refractivity contribution >= 4 is 37.0 Å². The summed E-state index contributed by atoms with van der Waals surface area (Å²) in [5.41, 5.74) is 1.26. The molecule has 2 aromatic heterocycles. The van der Waals surface area contributed by atoms with Crippen molar-refractivity contribution in [2.24, 2.45) is 7.05 Å². The van der Waals surface area contributed by atoms with Crippen LogP contribution in [-0.4, -0.2) is 24.1 Å². The second kappa shape index (κ2) is 6.17.